The Hall–Kier alpha value is -2.19. The Morgan fingerprint density at radius 2 is 1.95 bits per heavy atom. The number of rotatable bonds is 3. The number of para-hydroxylation sites is 1. The van der Waals surface area contributed by atoms with Crippen LogP contribution in [0.2, 0.25) is 5.02 Å². The molecule has 0 N–H and O–H groups in total. The lowest BCUT2D eigenvalue weighted by atomic mass is 10.0. The molecule has 0 saturated carbocycles. The van der Waals surface area contributed by atoms with Crippen LogP contribution in [-0.4, -0.2) is 11.3 Å². The number of halogens is 1. The summed E-state index contributed by atoms with van der Waals surface area (Å²) in [5.41, 5.74) is 3.79. The monoisotopic (exact) mass is 281 g/mol. The number of aldehydes is 1. The van der Waals surface area contributed by atoms with Gasteiger partial charge in [-0.2, -0.15) is 0 Å². The van der Waals surface area contributed by atoms with Gasteiger partial charge in [-0.05, 0) is 41.8 Å². The maximum Gasteiger partial charge on any atom is 0.151 e. The van der Waals surface area contributed by atoms with Gasteiger partial charge in [-0.15, -0.1) is 0 Å². The minimum Gasteiger partial charge on any atom is -0.298 e. The molecular weight excluding hydrogens is 270 g/mol. The first-order chi connectivity index (χ1) is 9.78. The summed E-state index contributed by atoms with van der Waals surface area (Å²) < 4.78 is 0. The Morgan fingerprint density at radius 1 is 1.10 bits per heavy atom. The quantitative estimate of drug-likeness (QED) is 0.670. The summed E-state index contributed by atoms with van der Waals surface area (Å²) in [6.07, 6.45) is 3.36. The fourth-order valence-corrected chi connectivity index (χ4v) is 2.55. The number of carbonyl (C=O) groups is 1. The van der Waals surface area contributed by atoms with Crippen LogP contribution in [0.25, 0.3) is 10.9 Å². The summed E-state index contributed by atoms with van der Waals surface area (Å²) in [5.74, 6) is 0. The summed E-state index contributed by atoms with van der Waals surface area (Å²) in [4.78, 5) is 15.1. The molecule has 0 bridgehead atoms. The molecule has 0 aliphatic rings. The number of hydrogen-bond acceptors (Lipinski definition) is 2. The van der Waals surface area contributed by atoms with Crippen LogP contribution >= 0.6 is 11.6 Å². The van der Waals surface area contributed by atoms with E-state index in [0.29, 0.717) is 10.6 Å². The maximum absolute atomic E-state index is 10.8. The molecule has 1 aromatic heterocycles. The molecule has 2 nitrogen and oxygen atoms in total. The van der Waals surface area contributed by atoms with Gasteiger partial charge in [0.25, 0.3) is 0 Å². The van der Waals surface area contributed by atoms with Crippen LogP contribution in [0, 0.1) is 0 Å². The maximum atomic E-state index is 10.8. The summed E-state index contributed by atoms with van der Waals surface area (Å²) >= 11 is 6.07. The largest absolute Gasteiger partial charge is 0.298 e. The minimum atomic E-state index is 0.496. The Morgan fingerprint density at radius 3 is 2.75 bits per heavy atom. The first-order valence-electron chi connectivity index (χ1n) is 6.34. The Labute approximate surface area is 122 Å². The lowest BCUT2D eigenvalue weighted by Crippen LogP contribution is -1.93. The summed E-state index contributed by atoms with van der Waals surface area (Å²) in [7, 11) is 0. The smallest absolute Gasteiger partial charge is 0.151 e. The van der Waals surface area contributed by atoms with E-state index < -0.39 is 0 Å². The third-order valence-corrected chi connectivity index (χ3v) is 3.65. The Bertz CT molecular complexity index is 778. The molecule has 98 valence electrons. The predicted octanol–water partition coefficient (Wildman–Crippen LogP) is 4.29. The van der Waals surface area contributed by atoms with Gasteiger partial charge in [0.1, 0.15) is 0 Å². The highest BCUT2D eigenvalue weighted by Gasteiger charge is 2.05. The van der Waals surface area contributed by atoms with Crippen LogP contribution in [0.3, 0.4) is 0 Å². The van der Waals surface area contributed by atoms with E-state index in [0.717, 1.165) is 29.2 Å². The van der Waals surface area contributed by atoms with Crippen LogP contribution in [0.5, 0.6) is 0 Å². The highest BCUT2D eigenvalue weighted by atomic mass is 35.5. The van der Waals surface area contributed by atoms with E-state index in [9.17, 15) is 4.79 Å². The standard InChI is InChI=1S/C17H12ClNO/c18-16-10-12(5-6-14(16)11-20)9-13-7-8-19-17-4-2-1-3-15(13)17/h1-8,10-11H,9H2. The second kappa shape index (κ2) is 5.43. The summed E-state index contributed by atoms with van der Waals surface area (Å²) in [6, 6.07) is 15.6. The average Bonchev–Trinajstić information content (AvgIpc) is 2.48. The van der Waals surface area contributed by atoms with Crippen LogP contribution < -0.4 is 0 Å². The van der Waals surface area contributed by atoms with Crippen molar-refractivity contribution in [3.8, 4) is 0 Å². The molecule has 0 radical (unpaired) electrons. The molecule has 0 fully saturated rings. The zero-order valence-electron chi connectivity index (χ0n) is 10.7. The van der Waals surface area contributed by atoms with Crippen molar-refractivity contribution in [3.63, 3.8) is 0 Å². The van der Waals surface area contributed by atoms with E-state index in [1.807, 2.05) is 42.6 Å². The van der Waals surface area contributed by atoms with Crippen molar-refractivity contribution in [2.24, 2.45) is 0 Å². The molecular formula is C17H12ClNO. The van der Waals surface area contributed by atoms with E-state index in [1.54, 1.807) is 6.07 Å². The van der Waals surface area contributed by atoms with Crippen molar-refractivity contribution in [1.29, 1.82) is 0 Å². The first kappa shape index (κ1) is 12.8. The molecule has 3 aromatic rings. The molecule has 0 atom stereocenters. The Kier molecular flexibility index (Phi) is 3.48. The number of fused-ring (bicyclic) bond motifs is 1. The van der Waals surface area contributed by atoms with Crippen LogP contribution in [0.4, 0.5) is 0 Å². The SMILES string of the molecule is O=Cc1ccc(Cc2ccnc3ccccc23)cc1Cl. The molecule has 0 spiro atoms. The van der Waals surface area contributed by atoms with Gasteiger partial charge >= 0.3 is 0 Å². The fourth-order valence-electron chi connectivity index (χ4n) is 2.31. The lowest BCUT2D eigenvalue weighted by molar-refractivity contribution is 0.112. The topological polar surface area (TPSA) is 30.0 Å². The van der Waals surface area contributed by atoms with Gasteiger partial charge in [-0.25, -0.2) is 0 Å². The van der Waals surface area contributed by atoms with Gasteiger partial charge in [0.15, 0.2) is 6.29 Å². The van der Waals surface area contributed by atoms with E-state index in [-0.39, 0.29) is 0 Å². The molecule has 3 rings (SSSR count). The predicted molar refractivity (Wildman–Crippen MR) is 81.4 cm³/mol. The fraction of sp³-hybridized carbons (Fsp3) is 0.0588. The molecule has 0 aliphatic carbocycles. The first-order valence-corrected chi connectivity index (χ1v) is 6.72. The number of hydrogen-bond donors (Lipinski definition) is 0. The summed E-state index contributed by atoms with van der Waals surface area (Å²) in [6.45, 7) is 0. The van der Waals surface area contributed by atoms with Gasteiger partial charge in [-0.3, -0.25) is 9.78 Å². The van der Waals surface area contributed by atoms with Crippen LogP contribution in [-0.2, 0) is 6.42 Å². The van der Waals surface area contributed by atoms with E-state index in [2.05, 4.69) is 11.1 Å². The van der Waals surface area contributed by atoms with Crippen molar-refractivity contribution in [3.05, 3.63) is 76.4 Å². The second-order valence-corrected chi connectivity index (χ2v) is 5.04. The highest BCUT2D eigenvalue weighted by Crippen LogP contribution is 2.22. The van der Waals surface area contributed by atoms with E-state index >= 15 is 0 Å². The normalized spacial score (nSPS) is 10.7. The highest BCUT2D eigenvalue weighted by molar-refractivity contribution is 6.33. The molecule has 0 unspecified atom stereocenters. The zero-order chi connectivity index (χ0) is 13.9. The summed E-state index contributed by atoms with van der Waals surface area (Å²) in [5, 5.41) is 1.64. The molecule has 0 saturated heterocycles. The minimum absolute atomic E-state index is 0.496. The van der Waals surface area contributed by atoms with E-state index in [4.69, 9.17) is 11.6 Å². The van der Waals surface area contributed by atoms with Crippen molar-refractivity contribution in [1.82, 2.24) is 4.98 Å². The number of benzene rings is 2. The van der Waals surface area contributed by atoms with Crippen molar-refractivity contribution < 1.29 is 4.79 Å². The molecule has 2 aromatic carbocycles. The molecule has 20 heavy (non-hydrogen) atoms. The number of nitrogens with zero attached hydrogens (tertiary/aromatic N) is 1. The molecule has 0 amide bonds. The van der Waals surface area contributed by atoms with Crippen molar-refractivity contribution >= 4 is 28.8 Å². The molecule has 3 heteroatoms. The van der Waals surface area contributed by atoms with Gasteiger partial charge in [0, 0.05) is 17.1 Å². The van der Waals surface area contributed by atoms with Gasteiger partial charge < -0.3 is 0 Å². The van der Waals surface area contributed by atoms with Crippen LogP contribution in [0.15, 0.2) is 54.7 Å². The van der Waals surface area contributed by atoms with Gasteiger partial charge in [0.2, 0.25) is 0 Å². The number of aromatic nitrogens is 1. The number of pyridine rings is 1. The van der Waals surface area contributed by atoms with E-state index in [1.165, 1.54) is 5.56 Å². The van der Waals surface area contributed by atoms with Crippen molar-refractivity contribution in [2.45, 2.75) is 6.42 Å². The van der Waals surface area contributed by atoms with Crippen molar-refractivity contribution in [2.75, 3.05) is 0 Å². The average molecular weight is 282 g/mol. The molecule has 0 aliphatic heterocycles. The molecule has 1 heterocycles. The zero-order valence-corrected chi connectivity index (χ0v) is 11.5. The van der Waals surface area contributed by atoms with Gasteiger partial charge in [-0.1, -0.05) is 35.9 Å². The second-order valence-electron chi connectivity index (χ2n) is 4.64. The third-order valence-electron chi connectivity index (χ3n) is 3.33. The lowest BCUT2D eigenvalue weighted by Gasteiger charge is -2.07. The number of carbonyl (C=O) groups excluding carboxylic acids is 1. The Balaban J connectivity index is 2.01. The van der Waals surface area contributed by atoms with Crippen LogP contribution in [0.1, 0.15) is 21.5 Å². The third kappa shape index (κ3) is 2.43. The van der Waals surface area contributed by atoms with Gasteiger partial charge in [0.05, 0.1) is 10.5 Å².